The fraction of sp³-hybridized carbons (Fsp3) is 0.450. The first-order chi connectivity index (χ1) is 15.4. The molecule has 1 aromatic heterocycles. The summed E-state index contributed by atoms with van der Waals surface area (Å²) in [5.41, 5.74) is 0.874. The largest absolute Gasteiger partial charge is 0.338 e. The van der Waals surface area contributed by atoms with Gasteiger partial charge in [-0.2, -0.15) is 13.1 Å². The van der Waals surface area contributed by atoms with E-state index in [1.54, 1.807) is 12.1 Å². The van der Waals surface area contributed by atoms with E-state index in [0.717, 1.165) is 16.6 Å². The van der Waals surface area contributed by atoms with Crippen LogP contribution in [0.25, 0.3) is 11.0 Å². The van der Waals surface area contributed by atoms with Gasteiger partial charge in [-0.05, 0) is 25.0 Å². The Morgan fingerprint density at radius 2 is 1.66 bits per heavy atom. The van der Waals surface area contributed by atoms with E-state index in [1.807, 2.05) is 12.2 Å². The lowest BCUT2D eigenvalue weighted by molar-refractivity contribution is -0.147. The topological polar surface area (TPSA) is 121 Å². The van der Waals surface area contributed by atoms with E-state index in [1.165, 1.54) is 15.3 Å². The lowest BCUT2D eigenvalue weighted by Crippen LogP contribution is -2.53. The molecule has 1 aromatic carbocycles. The van der Waals surface area contributed by atoms with Gasteiger partial charge in [0.05, 0.1) is 23.6 Å². The van der Waals surface area contributed by atoms with Gasteiger partial charge in [0.25, 0.3) is 0 Å². The highest BCUT2D eigenvalue weighted by atomic mass is 32.2. The van der Waals surface area contributed by atoms with Crippen LogP contribution < -0.4 is 0 Å². The van der Waals surface area contributed by atoms with Crippen LogP contribution in [0.2, 0.25) is 0 Å². The quantitative estimate of drug-likeness (QED) is 0.466. The van der Waals surface area contributed by atoms with Crippen molar-refractivity contribution in [3.63, 3.8) is 0 Å². The number of rotatable bonds is 4. The number of sulfonamides is 1. The molecule has 0 spiro atoms. The first-order valence-electron chi connectivity index (χ1n) is 10.4. The van der Waals surface area contributed by atoms with Crippen LogP contribution in [0.5, 0.6) is 0 Å². The highest BCUT2D eigenvalue weighted by molar-refractivity contribution is 7.89. The van der Waals surface area contributed by atoms with E-state index in [9.17, 15) is 22.8 Å². The van der Waals surface area contributed by atoms with Crippen molar-refractivity contribution in [1.82, 2.24) is 22.9 Å². The van der Waals surface area contributed by atoms with Crippen LogP contribution in [0, 0.1) is 11.8 Å². The summed E-state index contributed by atoms with van der Waals surface area (Å²) < 4.78 is 35.8. The Balaban J connectivity index is 1.24. The number of allylic oxidation sites excluding steroid dienone is 2. The molecule has 2 aliphatic heterocycles. The molecular weight excluding hydrogens is 454 g/mol. The van der Waals surface area contributed by atoms with Crippen molar-refractivity contribution in [2.24, 2.45) is 11.8 Å². The van der Waals surface area contributed by atoms with Crippen LogP contribution in [0.15, 0.2) is 35.2 Å². The van der Waals surface area contributed by atoms with Gasteiger partial charge in [-0.25, -0.2) is 8.42 Å². The van der Waals surface area contributed by atoms with Crippen molar-refractivity contribution in [2.75, 3.05) is 32.7 Å². The number of nitrogens with zero attached hydrogens (tertiary/aromatic N) is 5. The molecule has 1 aliphatic carbocycles. The Bertz CT molecular complexity index is 1210. The summed E-state index contributed by atoms with van der Waals surface area (Å²) in [4.78, 5) is 40.7. The second-order valence-electron chi connectivity index (χ2n) is 8.09. The minimum absolute atomic E-state index is 0.105. The Morgan fingerprint density at radius 1 is 1.00 bits per heavy atom. The number of carbonyl (C=O) groups is 3. The Hall–Kier alpha value is -2.70. The molecule has 5 rings (SSSR count). The number of likely N-dealkylation sites (tertiary alicyclic amines) is 1. The average Bonchev–Trinajstić information content (AvgIpc) is 3.38. The van der Waals surface area contributed by atoms with Gasteiger partial charge < -0.3 is 4.90 Å². The molecule has 3 aliphatic rings. The van der Waals surface area contributed by atoms with Crippen LogP contribution in [0.1, 0.15) is 12.8 Å². The molecule has 32 heavy (non-hydrogen) atoms. The van der Waals surface area contributed by atoms with Crippen molar-refractivity contribution >= 4 is 50.5 Å². The van der Waals surface area contributed by atoms with Crippen LogP contribution in [-0.2, 0) is 24.4 Å². The molecule has 2 fully saturated rings. The van der Waals surface area contributed by atoms with Crippen LogP contribution >= 0.6 is 11.7 Å². The molecule has 0 N–H and O–H groups in total. The summed E-state index contributed by atoms with van der Waals surface area (Å²) in [5, 5.41) is 0. The number of hydrogen-bond acceptors (Lipinski definition) is 8. The van der Waals surface area contributed by atoms with Crippen molar-refractivity contribution < 1.29 is 22.8 Å². The molecule has 0 saturated carbocycles. The molecule has 10 nitrogen and oxygen atoms in total. The first kappa shape index (κ1) is 21.2. The molecule has 12 heteroatoms. The third-order valence-electron chi connectivity index (χ3n) is 6.35. The number of hydrogen-bond donors (Lipinski definition) is 0. The maximum absolute atomic E-state index is 13.1. The van der Waals surface area contributed by atoms with E-state index in [4.69, 9.17) is 0 Å². The average molecular weight is 476 g/mol. The lowest BCUT2D eigenvalue weighted by Gasteiger charge is -2.34. The van der Waals surface area contributed by atoms with Crippen LogP contribution in [0.3, 0.4) is 0 Å². The third kappa shape index (κ3) is 3.42. The number of imide groups is 1. The Kier molecular flexibility index (Phi) is 5.30. The van der Waals surface area contributed by atoms with Gasteiger partial charge in [0, 0.05) is 26.2 Å². The fourth-order valence-corrected chi connectivity index (χ4v) is 6.74. The SMILES string of the molecule is O=C(CN1C(=O)[C@H]2CC=CC[C@@H]2C1=O)N1CCN(S(=O)(=O)c2cccc3nsnc23)CC1. The minimum Gasteiger partial charge on any atom is -0.338 e. The van der Waals surface area contributed by atoms with Gasteiger partial charge in [-0.1, -0.05) is 18.2 Å². The Labute approximate surface area is 188 Å². The van der Waals surface area contributed by atoms with Crippen molar-refractivity contribution in [2.45, 2.75) is 17.7 Å². The molecule has 2 saturated heterocycles. The van der Waals surface area contributed by atoms with E-state index in [2.05, 4.69) is 8.75 Å². The molecule has 168 valence electrons. The maximum atomic E-state index is 13.1. The number of aromatic nitrogens is 2. The Morgan fingerprint density at radius 3 is 2.31 bits per heavy atom. The van der Waals surface area contributed by atoms with Gasteiger partial charge in [0.15, 0.2) is 0 Å². The van der Waals surface area contributed by atoms with Crippen molar-refractivity contribution in [3.8, 4) is 0 Å². The summed E-state index contributed by atoms with van der Waals surface area (Å²) in [7, 11) is -3.79. The summed E-state index contributed by atoms with van der Waals surface area (Å²) in [5.74, 6) is -1.66. The first-order valence-corrected chi connectivity index (χ1v) is 12.5. The summed E-state index contributed by atoms with van der Waals surface area (Å²) in [6.07, 6.45) is 4.86. The predicted octanol–water partition coefficient (Wildman–Crippen LogP) is 0.475. The zero-order chi connectivity index (χ0) is 22.5. The molecule has 3 heterocycles. The second-order valence-corrected chi connectivity index (χ2v) is 10.5. The zero-order valence-corrected chi connectivity index (χ0v) is 18.7. The summed E-state index contributed by atoms with van der Waals surface area (Å²) in [6, 6.07) is 4.85. The second kappa shape index (κ2) is 8.01. The minimum atomic E-state index is -3.79. The zero-order valence-electron chi connectivity index (χ0n) is 17.1. The van der Waals surface area contributed by atoms with Gasteiger partial charge in [-0.3, -0.25) is 19.3 Å². The monoisotopic (exact) mass is 475 g/mol. The molecule has 0 unspecified atom stereocenters. The van der Waals surface area contributed by atoms with E-state index < -0.39 is 10.0 Å². The molecule has 0 radical (unpaired) electrons. The van der Waals surface area contributed by atoms with Gasteiger partial charge in [0.2, 0.25) is 27.7 Å². The highest BCUT2D eigenvalue weighted by Gasteiger charge is 2.48. The van der Waals surface area contributed by atoms with E-state index in [0.29, 0.717) is 23.9 Å². The molecule has 0 bridgehead atoms. The summed E-state index contributed by atoms with van der Waals surface area (Å²) >= 11 is 0.957. The van der Waals surface area contributed by atoms with Crippen LogP contribution in [0.4, 0.5) is 0 Å². The molecule has 2 atom stereocenters. The fourth-order valence-electron chi connectivity index (χ4n) is 4.57. The smallest absolute Gasteiger partial charge is 0.245 e. The van der Waals surface area contributed by atoms with Crippen molar-refractivity contribution in [3.05, 3.63) is 30.4 Å². The van der Waals surface area contributed by atoms with Crippen LogP contribution in [-0.4, -0.2) is 81.7 Å². The number of fused-ring (bicyclic) bond motifs is 2. The number of amides is 3. The predicted molar refractivity (Wildman–Crippen MR) is 115 cm³/mol. The van der Waals surface area contributed by atoms with Crippen molar-refractivity contribution in [1.29, 1.82) is 0 Å². The van der Waals surface area contributed by atoms with Gasteiger partial charge in [-0.15, -0.1) is 0 Å². The third-order valence-corrected chi connectivity index (χ3v) is 8.82. The molecular formula is C20H21N5O5S2. The normalized spacial score (nSPS) is 24.4. The maximum Gasteiger partial charge on any atom is 0.245 e. The highest BCUT2D eigenvalue weighted by Crippen LogP contribution is 2.35. The van der Waals surface area contributed by atoms with E-state index in [-0.39, 0.29) is 67.2 Å². The number of benzene rings is 1. The lowest BCUT2D eigenvalue weighted by atomic mass is 9.85. The number of carbonyl (C=O) groups excluding carboxylic acids is 3. The molecule has 2 aromatic rings. The summed E-state index contributed by atoms with van der Waals surface area (Å²) in [6.45, 7) is 0.335. The standard InChI is InChI=1S/C20H21N5O5S2/c26-17(12-25-19(27)13-4-1-2-5-14(13)20(25)28)23-8-10-24(11-9-23)32(29,30)16-7-3-6-15-18(16)22-31-21-15/h1-3,6-7,13-14H,4-5,8-12H2/t13-,14-/m0/s1. The van der Waals surface area contributed by atoms with Gasteiger partial charge in [0.1, 0.15) is 22.5 Å². The van der Waals surface area contributed by atoms with E-state index >= 15 is 0 Å². The van der Waals surface area contributed by atoms with Gasteiger partial charge >= 0.3 is 0 Å². The molecule has 3 amide bonds. The number of piperazine rings is 1.